The molecule has 0 atom stereocenters. The number of rotatable bonds is 2. The molecule has 1 N–H and O–H groups in total. The summed E-state index contributed by atoms with van der Waals surface area (Å²) in [7, 11) is 0. The van der Waals surface area contributed by atoms with E-state index in [1.807, 2.05) is 13.0 Å². The number of carboxylic acids is 1. The average molecular weight is 260 g/mol. The average Bonchev–Trinajstić information content (AvgIpc) is 2.92. The molecule has 3 heterocycles. The Morgan fingerprint density at radius 3 is 3.00 bits per heavy atom. The molecule has 6 nitrogen and oxygen atoms in total. The lowest BCUT2D eigenvalue weighted by Crippen LogP contribution is -2.03. The Labute approximate surface area is 106 Å². The van der Waals surface area contributed by atoms with E-state index < -0.39 is 5.97 Å². The number of aromatic nitrogens is 4. The molecule has 0 spiro atoms. The Morgan fingerprint density at radius 2 is 2.28 bits per heavy atom. The lowest BCUT2D eigenvalue weighted by Gasteiger charge is -2.00. The van der Waals surface area contributed by atoms with E-state index in [1.54, 1.807) is 17.5 Å². The zero-order chi connectivity index (χ0) is 12.7. The molecular formula is C11H8N4O2S. The highest BCUT2D eigenvalue weighted by atomic mass is 32.1. The summed E-state index contributed by atoms with van der Waals surface area (Å²) in [5.74, 6) is -0.461. The SMILES string of the molecule is Cc1cc2c(-n3ccc(C(=O)O)n3)ncnc2s1. The predicted octanol–water partition coefficient (Wildman–Crippen LogP) is 1.88. The summed E-state index contributed by atoms with van der Waals surface area (Å²) in [5, 5.41) is 13.7. The molecule has 0 aliphatic rings. The molecule has 3 aromatic heterocycles. The minimum atomic E-state index is -1.06. The van der Waals surface area contributed by atoms with E-state index in [9.17, 15) is 4.79 Å². The van der Waals surface area contributed by atoms with Gasteiger partial charge in [0.05, 0.1) is 5.39 Å². The maximum atomic E-state index is 10.8. The fourth-order valence-corrected chi connectivity index (χ4v) is 2.54. The molecule has 0 aromatic carbocycles. The van der Waals surface area contributed by atoms with Crippen LogP contribution in [0.4, 0.5) is 0 Å². The number of hydrogen-bond acceptors (Lipinski definition) is 5. The van der Waals surface area contributed by atoms with E-state index in [0.717, 1.165) is 15.1 Å². The Hall–Kier alpha value is -2.28. The number of carboxylic acid groups (broad SMARTS) is 1. The highest BCUT2D eigenvalue weighted by molar-refractivity contribution is 7.18. The van der Waals surface area contributed by atoms with Gasteiger partial charge >= 0.3 is 5.97 Å². The molecule has 3 rings (SSSR count). The summed E-state index contributed by atoms with van der Waals surface area (Å²) in [6.07, 6.45) is 3.04. The molecule has 0 fully saturated rings. The van der Waals surface area contributed by atoms with Crippen molar-refractivity contribution in [2.45, 2.75) is 6.92 Å². The minimum absolute atomic E-state index is 0.00582. The van der Waals surface area contributed by atoms with Crippen molar-refractivity contribution in [2.75, 3.05) is 0 Å². The number of hydrogen-bond donors (Lipinski definition) is 1. The summed E-state index contributed by atoms with van der Waals surface area (Å²) < 4.78 is 1.46. The highest BCUT2D eigenvalue weighted by Gasteiger charge is 2.12. The van der Waals surface area contributed by atoms with Crippen LogP contribution in [0.5, 0.6) is 0 Å². The van der Waals surface area contributed by atoms with Gasteiger partial charge in [-0.25, -0.2) is 19.4 Å². The van der Waals surface area contributed by atoms with E-state index in [0.29, 0.717) is 5.82 Å². The van der Waals surface area contributed by atoms with E-state index in [4.69, 9.17) is 5.11 Å². The molecule has 3 aromatic rings. The van der Waals surface area contributed by atoms with Crippen LogP contribution in [0.3, 0.4) is 0 Å². The summed E-state index contributed by atoms with van der Waals surface area (Å²) in [6.45, 7) is 1.99. The Bertz CT molecular complexity index is 746. The van der Waals surface area contributed by atoms with Gasteiger partial charge < -0.3 is 5.11 Å². The molecule has 0 radical (unpaired) electrons. The third kappa shape index (κ3) is 1.65. The topological polar surface area (TPSA) is 80.9 Å². The standard InChI is InChI=1S/C11H8N4O2S/c1-6-4-7-9(12-5-13-10(7)18-6)15-3-2-8(14-15)11(16)17/h2-5H,1H3,(H,16,17). The van der Waals surface area contributed by atoms with Gasteiger partial charge in [0.2, 0.25) is 0 Å². The first-order valence-corrected chi connectivity index (χ1v) is 5.97. The molecule has 0 bridgehead atoms. The predicted molar refractivity (Wildman–Crippen MR) is 66.2 cm³/mol. The number of aromatic carboxylic acids is 1. The van der Waals surface area contributed by atoms with Gasteiger partial charge in [0.1, 0.15) is 11.2 Å². The molecule has 0 aliphatic heterocycles. The summed E-state index contributed by atoms with van der Waals surface area (Å²) >= 11 is 1.57. The number of thiophene rings is 1. The van der Waals surface area contributed by atoms with Crippen molar-refractivity contribution in [1.29, 1.82) is 0 Å². The number of aryl methyl sites for hydroxylation is 1. The van der Waals surface area contributed by atoms with Crippen LogP contribution in [0.25, 0.3) is 16.0 Å². The van der Waals surface area contributed by atoms with E-state index >= 15 is 0 Å². The lowest BCUT2D eigenvalue weighted by atomic mass is 10.3. The Balaban J connectivity index is 2.21. The van der Waals surface area contributed by atoms with Crippen molar-refractivity contribution in [3.63, 3.8) is 0 Å². The van der Waals surface area contributed by atoms with E-state index in [1.165, 1.54) is 17.1 Å². The van der Waals surface area contributed by atoms with Crippen LogP contribution < -0.4 is 0 Å². The second kappa shape index (κ2) is 3.88. The molecule has 90 valence electrons. The highest BCUT2D eigenvalue weighted by Crippen LogP contribution is 2.26. The minimum Gasteiger partial charge on any atom is -0.476 e. The van der Waals surface area contributed by atoms with Gasteiger partial charge in [-0.05, 0) is 19.1 Å². The van der Waals surface area contributed by atoms with Gasteiger partial charge in [-0.2, -0.15) is 5.10 Å². The van der Waals surface area contributed by atoms with Crippen LogP contribution in [0.1, 0.15) is 15.4 Å². The smallest absolute Gasteiger partial charge is 0.356 e. The monoisotopic (exact) mass is 260 g/mol. The molecule has 0 aliphatic carbocycles. The maximum Gasteiger partial charge on any atom is 0.356 e. The van der Waals surface area contributed by atoms with Crippen LogP contribution in [-0.4, -0.2) is 30.8 Å². The fourth-order valence-electron chi connectivity index (χ4n) is 1.70. The van der Waals surface area contributed by atoms with Crippen molar-refractivity contribution in [3.8, 4) is 5.82 Å². The van der Waals surface area contributed by atoms with Crippen molar-refractivity contribution < 1.29 is 9.90 Å². The Kier molecular flexibility index (Phi) is 2.34. The van der Waals surface area contributed by atoms with E-state index in [2.05, 4.69) is 15.1 Å². The largest absolute Gasteiger partial charge is 0.476 e. The third-order valence-electron chi connectivity index (χ3n) is 2.46. The Morgan fingerprint density at radius 1 is 1.44 bits per heavy atom. The second-order valence-corrected chi connectivity index (χ2v) is 4.96. The van der Waals surface area contributed by atoms with Crippen LogP contribution in [-0.2, 0) is 0 Å². The van der Waals surface area contributed by atoms with Gasteiger partial charge in [-0.3, -0.25) is 0 Å². The maximum absolute atomic E-state index is 10.8. The van der Waals surface area contributed by atoms with E-state index in [-0.39, 0.29) is 5.69 Å². The van der Waals surface area contributed by atoms with Crippen LogP contribution in [0.2, 0.25) is 0 Å². The number of carbonyl (C=O) groups is 1. The molecule has 7 heteroatoms. The van der Waals surface area contributed by atoms with Gasteiger partial charge in [-0.1, -0.05) is 0 Å². The molecular weight excluding hydrogens is 252 g/mol. The third-order valence-corrected chi connectivity index (χ3v) is 3.42. The van der Waals surface area contributed by atoms with Gasteiger partial charge in [0.25, 0.3) is 0 Å². The first-order chi connectivity index (χ1) is 8.65. The molecule has 0 amide bonds. The van der Waals surface area contributed by atoms with Crippen LogP contribution in [0, 0.1) is 6.92 Å². The number of nitrogens with zero attached hydrogens (tertiary/aromatic N) is 4. The molecule has 18 heavy (non-hydrogen) atoms. The molecule has 0 unspecified atom stereocenters. The van der Waals surface area contributed by atoms with Gasteiger partial charge in [0, 0.05) is 11.1 Å². The first-order valence-electron chi connectivity index (χ1n) is 5.15. The zero-order valence-electron chi connectivity index (χ0n) is 9.36. The first kappa shape index (κ1) is 10.8. The summed E-state index contributed by atoms with van der Waals surface area (Å²) in [4.78, 5) is 21.1. The summed E-state index contributed by atoms with van der Waals surface area (Å²) in [6, 6.07) is 3.41. The number of fused-ring (bicyclic) bond motifs is 1. The van der Waals surface area contributed by atoms with Gasteiger partial charge in [0.15, 0.2) is 11.5 Å². The van der Waals surface area contributed by atoms with Crippen molar-refractivity contribution in [2.24, 2.45) is 0 Å². The van der Waals surface area contributed by atoms with Crippen molar-refractivity contribution in [1.82, 2.24) is 19.7 Å². The zero-order valence-corrected chi connectivity index (χ0v) is 10.2. The second-order valence-electron chi connectivity index (χ2n) is 3.72. The fraction of sp³-hybridized carbons (Fsp3) is 0.0909. The quantitative estimate of drug-likeness (QED) is 0.760. The normalized spacial score (nSPS) is 10.9. The van der Waals surface area contributed by atoms with Gasteiger partial charge in [-0.15, -0.1) is 11.3 Å². The lowest BCUT2D eigenvalue weighted by molar-refractivity contribution is 0.0690. The van der Waals surface area contributed by atoms with Crippen LogP contribution in [0.15, 0.2) is 24.7 Å². The van der Waals surface area contributed by atoms with Crippen molar-refractivity contribution in [3.05, 3.63) is 35.2 Å². The summed E-state index contributed by atoms with van der Waals surface area (Å²) in [5.41, 5.74) is -0.00582. The molecule has 0 saturated carbocycles. The van der Waals surface area contributed by atoms with Crippen molar-refractivity contribution >= 4 is 27.5 Å². The molecule has 0 saturated heterocycles. The van der Waals surface area contributed by atoms with Crippen LogP contribution >= 0.6 is 11.3 Å².